The summed E-state index contributed by atoms with van der Waals surface area (Å²) in [6.45, 7) is 1.80. The average Bonchev–Trinajstić information content (AvgIpc) is 3.30. The lowest BCUT2D eigenvalue weighted by Crippen LogP contribution is -2.15. The van der Waals surface area contributed by atoms with E-state index in [1.165, 1.54) is 0 Å². The lowest BCUT2D eigenvalue weighted by atomic mass is 10.1. The summed E-state index contributed by atoms with van der Waals surface area (Å²) >= 11 is 6.19. The molecule has 2 aromatic carbocycles. The second kappa shape index (κ2) is 6.69. The third kappa shape index (κ3) is 4.32. The Morgan fingerprint density at radius 2 is 1.92 bits per heavy atom. The van der Waals surface area contributed by atoms with Gasteiger partial charge in [0.2, 0.25) is 15.9 Å². The van der Waals surface area contributed by atoms with Crippen LogP contribution < -0.4 is 10.0 Å². The Kier molecular flexibility index (Phi) is 4.75. The molecule has 2 aromatic rings. The van der Waals surface area contributed by atoms with Crippen molar-refractivity contribution in [1.82, 2.24) is 0 Å². The van der Waals surface area contributed by atoms with Gasteiger partial charge < -0.3 is 5.32 Å². The summed E-state index contributed by atoms with van der Waals surface area (Å²) in [6, 6.07) is 12.7. The Hall–Kier alpha value is -2.05. The van der Waals surface area contributed by atoms with Gasteiger partial charge in [0.25, 0.3) is 0 Å². The van der Waals surface area contributed by atoms with Crippen molar-refractivity contribution >= 4 is 38.9 Å². The van der Waals surface area contributed by atoms with Gasteiger partial charge in [-0.1, -0.05) is 35.9 Å². The zero-order chi connectivity index (χ0) is 18.2. The van der Waals surface area contributed by atoms with E-state index < -0.39 is 10.0 Å². The maximum atomic E-state index is 12.5. The minimum atomic E-state index is -3.38. The van der Waals surface area contributed by atoms with E-state index in [1.54, 1.807) is 25.1 Å². The summed E-state index contributed by atoms with van der Waals surface area (Å²) in [7, 11) is -3.38. The summed E-state index contributed by atoms with van der Waals surface area (Å²) in [4.78, 5) is 12.5. The van der Waals surface area contributed by atoms with Crippen molar-refractivity contribution in [1.29, 1.82) is 0 Å². The largest absolute Gasteiger partial charge is 0.326 e. The molecule has 0 heterocycles. The Morgan fingerprint density at radius 3 is 2.60 bits per heavy atom. The molecule has 1 fully saturated rings. The van der Waals surface area contributed by atoms with Gasteiger partial charge >= 0.3 is 0 Å². The molecule has 132 valence electrons. The van der Waals surface area contributed by atoms with Crippen LogP contribution in [0.1, 0.15) is 23.5 Å². The summed E-state index contributed by atoms with van der Waals surface area (Å²) in [6.07, 6.45) is 1.85. The molecule has 0 unspecified atom stereocenters. The minimum Gasteiger partial charge on any atom is -0.326 e. The predicted octanol–water partition coefficient (Wildman–Crippen LogP) is 3.76. The van der Waals surface area contributed by atoms with Crippen LogP contribution in [0.3, 0.4) is 0 Å². The zero-order valence-corrected chi connectivity index (χ0v) is 15.5. The van der Waals surface area contributed by atoms with Crippen molar-refractivity contribution in [3.8, 4) is 0 Å². The highest BCUT2D eigenvalue weighted by Crippen LogP contribution is 2.50. The van der Waals surface area contributed by atoms with Crippen molar-refractivity contribution < 1.29 is 13.2 Å². The van der Waals surface area contributed by atoms with Crippen molar-refractivity contribution in [2.45, 2.75) is 19.3 Å². The van der Waals surface area contributed by atoms with Gasteiger partial charge in [0.15, 0.2) is 0 Å². The summed E-state index contributed by atoms with van der Waals surface area (Å²) < 4.78 is 25.3. The smallest absolute Gasteiger partial charge is 0.229 e. The van der Waals surface area contributed by atoms with E-state index in [2.05, 4.69) is 10.0 Å². The first-order valence-electron chi connectivity index (χ1n) is 7.88. The number of rotatable bonds is 5. The molecule has 2 atom stereocenters. The van der Waals surface area contributed by atoms with E-state index in [-0.39, 0.29) is 17.7 Å². The van der Waals surface area contributed by atoms with Crippen LogP contribution in [-0.4, -0.2) is 20.6 Å². The lowest BCUT2D eigenvalue weighted by Gasteiger charge is -2.11. The third-order valence-electron chi connectivity index (χ3n) is 4.23. The van der Waals surface area contributed by atoms with Gasteiger partial charge in [0.1, 0.15) is 0 Å². The summed E-state index contributed by atoms with van der Waals surface area (Å²) in [5, 5.41) is 3.54. The predicted molar refractivity (Wildman–Crippen MR) is 101 cm³/mol. The minimum absolute atomic E-state index is 0.0842. The molecular weight excluding hydrogens is 360 g/mol. The molecule has 0 bridgehead atoms. The highest BCUT2D eigenvalue weighted by Gasteiger charge is 2.44. The molecule has 2 N–H and O–H groups in total. The number of anilines is 2. The van der Waals surface area contributed by atoms with Gasteiger partial charge in [-0.05, 0) is 48.6 Å². The first kappa shape index (κ1) is 17.8. The number of amides is 1. The topological polar surface area (TPSA) is 75.3 Å². The number of nitrogens with one attached hydrogen (secondary N) is 2. The second-order valence-electron chi connectivity index (χ2n) is 6.36. The second-order valence-corrected chi connectivity index (χ2v) is 8.52. The SMILES string of the molecule is Cc1ccc(NC(=O)[C@H]2C[C@@H]2c2ccccc2Cl)cc1NS(C)(=O)=O. The number of carbonyl (C=O) groups excluding carboxylic acids is 1. The van der Waals surface area contributed by atoms with Crippen LogP contribution in [0.4, 0.5) is 11.4 Å². The monoisotopic (exact) mass is 378 g/mol. The molecule has 0 aromatic heterocycles. The molecule has 3 rings (SSSR count). The van der Waals surface area contributed by atoms with Gasteiger partial charge in [-0.3, -0.25) is 9.52 Å². The van der Waals surface area contributed by atoms with Crippen molar-refractivity contribution in [3.05, 3.63) is 58.6 Å². The Morgan fingerprint density at radius 1 is 1.20 bits per heavy atom. The summed E-state index contributed by atoms with van der Waals surface area (Å²) in [5.74, 6) is -0.0700. The number of hydrogen-bond acceptors (Lipinski definition) is 3. The molecule has 1 aliphatic carbocycles. The molecule has 0 radical (unpaired) electrons. The summed E-state index contributed by atoms with van der Waals surface area (Å²) in [5.41, 5.74) is 2.79. The fourth-order valence-corrected chi connectivity index (χ4v) is 3.74. The van der Waals surface area contributed by atoms with Crippen molar-refractivity contribution in [2.24, 2.45) is 5.92 Å². The first-order chi connectivity index (χ1) is 11.7. The number of aryl methyl sites for hydroxylation is 1. The van der Waals surface area contributed by atoms with Crippen molar-refractivity contribution in [2.75, 3.05) is 16.3 Å². The number of benzene rings is 2. The van der Waals surface area contributed by atoms with E-state index in [0.717, 1.165) is 23.8 Å². The van der Waals surface area contributed by atoms with Crippen LogP contribution in [0.2, 0.25) is 5.02 Å². The number of halogens is 1. The van der Waals surface area contributed by atoms with E-state index in [0.29, 0.717) is 16.4 Å². The Balaban J connectivity index is 1.70. The van der Waals surface area contributed by atoms with Crippen molar-refractivity contribution in [3.63, 3.8) is 0 Å². The molecule has 7 heteroatoms. The van der Waals surface area contributed by atoms with Crippen LogP contribution in [0.5, 0.6) is 0 Å². The quantitative estimate of drug-likeness (QED) is 0.831. The van der Waals surface area contributed by atoms with Crippen LogP contribution in [0.25, 0.3) is 0 Å². The van der Waals surface area contributed by atoms with Gasteiger partial charge in [-0.2, -0.15) is 0 Å². The van der Waals surface area contributed by atoms with Gasteiger partial charge in [0.05, 0.1) is 11.9 Å². The highest BCUT2D eigenvalue weighted by molar-refractivity contribution is 7.92. The lowest BCUT2D eigenvalue weighted by molar-refractivity contribution is -0.117. The molecule has 25 heavy (non-hydrogen) atoms. The Labute approximate surface area is 152 Å². The van der Waals surface area contributed by atoms with Crippen LogP contribution in [0.15, 0.2) is 42.5 Å². The van der Waals surface area contributed by atoms with E-state index in [9.17, 15) is 13.2 Å². The third-order valence-corrected chi connectivity index (χ3v) is 5.17. The number of hydrogen-bond donors (Lipinski definition) is 2. The van der Waals surface area contributed by atoms with E-state index >= 15 is 0 Å². The molecule has 0 saturated heterocycles. The molecule has 0 aliphatic heterocycles. The highest BCUT2D eigenvalue weighted by atomic mass is 35.5. The van der Waals surface area contributed by atoms with E-state index in [4.69, 9.17) is 11.6 Å². The van der Waals surface area contributed by atoms with Gasteiger partial charge in [0, 0.05) is 16.6 Å². The molecule has 1 saturated carbocycles. The zero-order valence-electron chi connectivity index (χ0n) is 13.9. The molecular formula is C18H19ClN2O3S. The molecule has 1 aliphatic rings. The fourth-order valence-electron chi connectivity index (χ4n) is 2.85. The molecule has 5 nitrogen and oxygen atoms in total. The van der Waals surface area contributed by atoms with E-state index in [1.807, 2.05) is 24.3 Å². The standard InChI is InChI=1S/C18H19ClN2O3S/c1-11-7-8-12(9-17(11)21-25(2,23)24)20-18(22)15-10-14(15)13-5-3-4-6-16(13)19/h3-9,14-15,21H,10H2,1-2H3,(H,20,22)/t14-,15+/m1/s1. The molecule has 1 amide bonds. The normalized spacial score (nSPS) is 19.3. The molecule has 0 spiro atoms. The number of sulfonamides is 1. The Bertz CT molecular complexity index is 928. The average molecular weight is 379 g/mol. The maximum Gasteiger partial charge on any atom is 0.229 e. The van der Waals surface area contributed by atoms with Crippen LogP contribution in [-0.2, 0) is 14.8 Å². The fraction of sp³-hybridized carbons (Fsp3) is 0.278. The van der Waals surface area contributed by atoms with Crippen LogP contribution >= 0.6 is 11.6 Å². The van der Waals surface area contributed by atoms with Gasteiger partial charge in [-0.25, -0.2) is 8.42 Å². The maximum absolute atomic E-state index is 12.5. The first-order valence-corrected chi connectivity index (χ1v) is 10.2. The van der Waals surface area contributed by atoms with Gasteiger partial charge in [-0.15, -0.1) is 0 Å². The van der Waals surface area contributed by atoms with Crippen LogP contribution in [0, 0.1) is 12.8 Å². The number of carbonyl (C=O) groups is 1.